The smallest absolute Gasteiger partial charge is 0.397 e. The van der Waals surface area contributed by atoms with Gasteiger partial charge in [0.25, 0.3) is 0 Å². The molecule has 6 atom stereocenters. The van der Waals surface area contributed by atoms with Gasteiger partial charge in [0.05, 0.1) is 0 Å². The Morgan fingerprint density at radius 1 is 0.851 bits per heavy atom. The minimum Gasteiger partial charge on any atom is -0.493 e. The van der Waals surface area contributed by atoms with Crippen LogP contribution in [0.3, 0.4) is 0 Å². The van der Waals surface area contributed by atoms with Crippen molar-refractivity contribution in [2.24, 2.45) is 11.3 Å². The van der Waals surface area contributed by atoms with Crippen molar-refractivity contribution in [1.29, 1.82) is 0 Å². The standard InChI is InChI=1S/C33H36ClF3O10/c1-18(38)42-16-27-29(44-19(2)39)31(46-21(4)41)30(45-20(3)40)28(47-27)23-7-8-24(26(34)12-9-23)15-22-5-10-25(11-6-22)43-17-32(13-14-32)33(35,36)37/h5-12,23,27-31H,13-17H2,1-4H3/t23?,27-,28+,29-,30+,31+/m1/s1. The summed E-state index contributed by atoms with van der Waals surface area (Å²) in [5.74, 6) is -3.10. The van der Waals surface area contributed by atoms with Crippen LogP contribution in [-0.2, 0) is 49.3 Å². The van der Waals surface area contributed by atoms with E-state index in [1.54, 1.807) is 48.6 Å². The zero-order chi connectivity index (χ0) is 34.5. The minimum absolute atomic E-state index is 0.0552. The van der Waals surface area contributed by atoms with E-state index in [0.717, 1.165) is 19.4 Å². The lowest BCUT2D eigenvalue weighted by Crippen LogP contribution is -2.63. The van der Waals surface area contributed by atoms with E-state index in [0.29, 0.717) is 22.8 Å². The number of benzene rings is 1. The summed E-state index contributed by atoms with van der Waals surface area (Å²) in [4.78, 5) is 48.0. The van der Waals surface area contributed by atoms with Crippen LogP contribution in [-0.4, -0.2) is 73.8 Å². The van der Waals surface area contributed by atoms with Gasteiger partial charge in [0, 0.05) is 38.6 Å². The van der Waals surface area contributed by atoms with E-state index in [4.69, 9.17) is 40.0 Å². The molecule has 47 heavy (non-hydrogen) atoms. The fourth-order valence-corrected chi connectivity index (χ4v) is 5.62. The normalized spacial score (nSPS) is 26.6. The van der Waals surface area contributed by atoms with Crippen molar-refractivity contribution >= 4 is 35.5 Å². The first kappa shape index (κ1) is 36.0. The van der Waals surface area contributed by atoms with Crippen LogP contribution >= 0.6 is 11.6 Å². The molecule has 1 saturated heterocycles. The molecule has 2 aliphatic carbocycles. The van der Waals surface area contributed by atoms with Crippen molar-refractivity contribution in [3.63, 3.8) is 0 Å². The van der Waals surface area contributed by atoms with Crippen molar-refractivity contribution in [3.05, 3.63) is 64.7 Å². The second kappa shape index (κ2) is 14.9. The third-order valence-corrected chi connectivity index (χ3v) is 8.35. The summed E-state index contributed by atoms with van der Waals surface area (Å²) >= 11 is 6.63. The number of alkyl halides is 3. The highest BCUT2D eigenvalue weighted by Gasteiger charge is 2.64. The largest absolute Gasteiger partial charge is 0.493 e. The van der Waals surface area contributed by atoms with Gasteiger partial charge in [0.2, 0.25) is 0 Å². The predicted octanol–water partition coefficient (Wildman–Crippen LogP) is 5.31. The first-order valence-corrected chi connectivity index (χ1v) is 15.3. The SMILES string of the molecule is CC(=O)OC[C@H]1O[C@@H](C2C=CC(Cl)=C(Cc3ccc(OCC4(C(F)(F)F)CC4)cc3)C=C2)[C@H](OC(C)=O)[C@@H](OC(C)=O)[C@@H]1OC(C)=O. The fraction of sp³-hybridized carbons (Fsp3) is 0.515. The molecule has 0 amide bonds. The summed E-state index contributed by atoms with van der Waals surface area (Å²) in [7, 11) is 0. The molecule has 1 heterocycles. The summed E-state index contributed by atoms with van der Waals surface area (Å²) in [5.41, 5.74) is -0.265. The molecule has 1 aliphatic heterocycles. The van der Waals surface area contributed by atoms with Gasteiger partial charge < -0.3 is 28.4 Å². The maximum atomic E-state index is 13.2. The number of carbonyl (C=O) groups is 4. The van der Waals surface area contributed by atoms with Crippen LogP contribution in [0, 0.1) is 11.3 Å². The molecule has 2 fully saturated rings. The second-order valence-electron chi connectivity index (χ2n) is 11.7. The first-order valence-electron chi connectivity index (χ1n) is 14.9. The molecule has 0 aromatic heterocycles. The highest BCUT2D eigenvalue weighted by Crippen LogP contribution is 2.57. The molecule has 1 aromatic rings. The average Bonchev–Trinajstić information content (AvgIpc) is 3.80. The molecule has 0 N–H and O–H groups in total. The van der Waals surface area contributed by atoms with Crippen LogP contribution < -0.4 is 4.74 Å². The van der Waals surface area contributed by atoms with E-state index in [1.807, 2.05) is 0 Å². The molecular formula is C33H36ClF3O10. The van der Waals surface area contributed by atoms with Crippen LogP contribution in [0.2, 0.25) is 0 Å². The minimum atomic E-state index is -4.30. The van der Waals surface area contributed by atoms with Crippen LogP contribution in [0.4, 0.5) is 13.2 Å². The highest BCUT2D eigenvalue weighted by molar-refractivity contribution is 6.31. The number of ether oxygens (including phenoxy) is 6. The summed E-state index contributed by atoms with van der Waals surface area (Å²) < 4.78 is 73.1. The molecule has 1 saturated carbocycles. The molecule has 0 radical (unpaired) electrons. The van der Waals surface area contributed by atoms with Crippen molar-refractivity contribution in [2.75, 3.05) is 13.2 Å². The monoisotopic (exact) mass is 684 g/mol. The van der Waals surface area contributed by atoms with Gasteiger partial charge in [-0.1, -0.05) is 42.0 Å². The van der Waals surface area contributed by atoms with E-state index in [-0.39, 0.29) is 19.4 Å². The Hall–Kier alpha value is -3.84. The average molecular weight is 685 g/mol. The van der Waals surface area contributed by atoms with Crippen LogP contribution in [0.25, 0.3) is 0 Å². The van der Waals surface area contributed by atoms with Crippen molar-refractivity contribution in [1.82, 2.24) is 0 Å². The van der Waals surface area contributed by atoms with Crippen LogP contribution in [0.5, 0.6) is 5.75 Å². The Balaban J connectivity index is 1.54. The van der Waals surface area contributed by atoms with Crippen LogP contribution in [0.1, 0.15) is 46.1 Å². The number of esters is 4. The van der Waals surface area contributed by atoms with E-state index in [1.165, 1.54) is 13.8 Å². The molecule has 14 heteroatoms. The lowest BCUT2D eigenvalue weighted by molar-refractivity contribution is -0.256. The Bertz CT molecular complexity index is 1430. The molecule has 10 nitrogen and oxygen atoms in total. The number of rotatable bonds is 11. The molecule has 1 aromatic carbocycles. The summed E-state index contributed by atoms with van der Waals surface area (Å²) in [6, 6.07) is 6.68. The van der Waals surface area contributed by atoms with Crippen molar-refractivity contribution in [2.45, 2.75) is 83.7 Å². The van der Waals surface area contributed by atoms with Gasteiger partial charge in [-0.3, -0.25) is 19.2 Å². The quantitative estimate of drug-likeness (QED) is 0.224. The number of hydrogen-bond donors (Lipinski definition) is 0. The molecular weight excluding hydrogens is 649 g/mol. The Labute approximate surface area is 274 Å². The number of halogens is 4. The van der Waals surface area contributed by atoms with E-state index >= 15 is 0 Å². The number of allylic oxidation sites excluding steroid dienone is 4. The lowest BCUT2D eigenvalue weighted by Gasteiger charge is -2.46. The van der Waals surface area contributed by atoms with Crippen LogP contribution in [0.15, 0.2) is 59.2 Å². The van der Waals surface area contributed by atoms with Gasteiger partial charge in [0.15, 0.2) is 18.3 Å². The summed E-state index contributed by atoms with van der Waals surface area (Å²) in [6.45, 7) is 3.87. The van der Waals surface area contributed by atoms with Gasteiger partial charge in [-0.2, -0.15) is 13.2 Å². The Morgan fingerprint density at radius 3 is 1.98 bits per heavy atom. The van der Waals surface area contributed by atoms with Gasteiger partial charge in [-0.05, 0) is 48.6 Å². The van der Waals surface area contributed by atoms with Gasteiger partial charge in [-0.25, -0.2) is 0 Å². The van der Waals surface area contributed by atoms with E-state index < -0.39 is 78.5 Å². The summed E-state index contributed by atoms with van der Waals surface area (Å²) in [5, 5.41) is 0.385. The third kappa shape index (κ3) is 9.38. The van der Waals surface area contributed by atoms with Crippen molar-refractivity contribution in [3.8, 4) is 5.75 Å². The Kier molecular flexibility index (Phi) is 11.4. The summed E-state index contributed by atoms with van der Waals surface area (Å²) in [6.07, 6.45) is -2.90. The third-order valence-electron chi connectivity index (χ3n) is 7.99. The van der Waals surface area contributed by atoms with Gasteiger partial charge in [0.1, 0.15) is 36.6 Å². The maximum Gasteiger partial charge on any atom is 0.397 e. The van der Waals surface area contributed by atoms with E-state index in [9.17, 15) is 32.3 Å². The number of carbonyl (C=O) groups excluding carboxylic acids is 4. The topological polar surface area (TPSA) is 124 Å². The van der Waals surface area contributed by atoms with Gasteiger partial charge >= 0.3 is 30.1 Å². The fourth-order valence-electron chi connectivity index (χ4n) is 5.41. The molecule has 0 bridgehead atoms. The van der Waals surface area contributed by atoms with Crippen molar-refractivity contribution < 1.29 is 60.8 Å². The predicted molar refractivity (Wildman–Crippen MR) is 160 cm³/mol. The molecule has 0 spiro atoms. The molecule has 3 aliphatic rings. The zero-order valence-corrected chi connectivity index (χ0v) is 27.0. The highest BCUT2D eigenvalue weighted by atomic mass is 35.5. The molecule has 1 unspecified atom stereocenters. The number of hydrogen-bond acceptors (Lipinski definition) is 10. The van der Waals surface area contributed by atoms with E-state index in [2.05, 4.69) is 0 Å². The lowest BCUT2D eigenvalue weighted by atomic mass is 9.86. The zero-order valence-electron chi connectivity index (χ0n) is 26.2. The second-order valence-corrected chi connectivity index (χ2v) is 12.1. The maximum absolute atomic E-state index is 13.2. The first-order chi connectivity index (χ1) is 22.1. The Morgan fingerprint density at radius 2 is 1.43 bits per heavy atom. The molecule has 4 rings (SSSR count). The van der Waals surface area contributed by atoms with Gasteiger partial charge in [-0.15, -0.1) is 0 Å². The molecule has 256 valence electrons.